The number of hydrogen-bond donors (Lipinski definition) is 1. The lowest BCUT2D eigenvalue weighted by molar-refractivity contribution is -0.140. The topological polar surface area (TPSA) is 107 Å². The summed E-state index contributed by atoms with van der Waals surface area (Å²) in [6, 6.07) is 12.7. The molecule has 1 N–H and O–H groups in total. The van der Waals surface area contributed by atoms with Gasteiger partial charge in [-0.15, -0.1) is 0 Å². The molecular weight excluding hydrogens is 518 g/mol. The zero-order valence-electron chi connectivity index (χ0n) is 23.2. The van der Waals surface area contributed by atoms with Crippen LogP contribution in [0, 0.1) is 0 Å². The highest BCUT2D eigenvalue weighted by Crippen LogP contribution is 2.40. The van der Waals surface area contributed by atoms with E-state index in [4.69, 9.17) is 4.74 Å². The van der Waals surface area contributed by atoms with Gasteiger partial charge in [-0.05, 0) is 28.7 Å². The molecule has 2 heterocycles. The van der Waals surface area contributed by atoms with Crippen LogP contribution in [0.2, 0.25) is 0 Å². The average Bonchev–Trinajstić information content (AvgIpc) is 3.16. The molecule has 1 amide bonds. The molecule has 2 aliphatic heterocycles. The summed E-state index contributed by atoms with van der Waals surface area (Å²) < 4.78 is 31.9. The molecule has 2 saturated heterocycles. The first-order valence-electron chi connectivity index (χ1n) is 13.0. The van der Waals surface area contributed by atoms with Crippen LogP contribution in [0.5, 0.6) is 0 Å². The van der Waals surface area contributed by atoms with Crippen molar-refractivity contribution in [1.29, 1.82) is 0 Å². The van der Waals surface area contributed by atoms with E-state index in [0.717, 1.165) is 23.0 Å². The van der Waals surface area contributed by atoms with Crippen molar-refractivity contribution < 1.29 is 27.9 Å². The highest BCUT2D eigenvalue weighted by Gasteiger charge is 2.46. The number of morpholine rings is 1. The van der Waals surface area contributed by atoms with Gasteiger partial charge in [0, 0.05) is 45.8 Å². The van der Waals surface area contributed by atoms with Crippen LogP contribution in [-0.2, 0) is 29.8 Å². The third kappa shape index (κ3) is 5.94. The Bertz CT molecular complexity index is 1370. The van der Waals surface area contributed by atoms with Gasteiger partial charge in [-0.3, -0.25) is 14.5 Å². The first-order valence-corrected chi connectivity index (χ1v) is 14.5. The number of carbonyl (C=O) groups is 2. The highest BCUT2D eigenvalue weighted by molar-refractivity contribution is 7.89. The maximum absolute atomic E-state index is 13.4. The lowest BCUT2D eigenvalue weighted by atomic mass is 9.85. The molecular formula is C29H37N3O6S. The van der Waals surface area contributed by atoms with Crippen LogP contribution in [0.15, 0.2) is 59.0 Å². The lowest BCUT2D eigenvalue weighted by Crippen LogP contribution is -2.42. The number of aliphatic hydroxyl groups is 1. The summed E-state index contributed by atoms with van der Waals surface area (Å²) in [5, 5.41) is 11.4. The largest absolute Gasteiger partial charge is 0.507 e. The van der Waals surface area contributed by atoms with Crippen molar-refractivity contribution in [3.63, 3.8) is 0 Å². The van der Waals surface area contributed by atoms with Crippen molar-refractivity contribution in [3.8, 4) is 0 Å². The van der Waals surface area contributed by atoms with Crippen LogP contribution in [0.3, 0.4) is 0 Å². The van der Waals surface area contributed by atoms with E-state index in [-0.39, 0.29) is 21.4 Å². The lowest BCUT2D eigenvalue weighted by Gasteiger charge is -2.31. The molecule has 10 heteroatoms. The molecule has 4 rings (SSSR count). The molecule has 0 radical (unpaired) electrons. The minimum absolute atomic E-state index is 0.0239. The predicted molar refractivity (Wildman–Crippen MR) is 149 cm³/mol. The number of Topliss-reactive ketones (excluding diaryl/α,β-unsaturated/α-hetero) is 1. The fraction of sp³-hybridized carbons (Fsp3) is 0.448. The first kappa shape index (κ1) is 28.9. The molecule has 2 aromatic carbocycles. The van der Waals surface area contributed by atoms with Gasteiger partial charge in [-0.2, -0.15) is 0 Å². The van der Waals surface area contributed by atoms with E-state index < -0.39 is 33.5 Å². The minimum Gasteiger partial charge on any atom is -0.507 e. The normalized spacial score (nSPS) is 20.7. The van der Waals surface area contributed by atoms with Crippen LogP contribution < -0.4 is 0 Å². The van der Waals surface area contributed by atoms with Crippen molar-refractivity contribution in [1.82, 2.24) is 14.1 Å². The third-order valence-corrected chi connectivity index (χ3v) is 9.09. The summed E-state index contributed by atoms with van der Waals surface area (Å²) in [5.41, 5.74) is 1.81. The number of benzene rings is 2. The van der Waals surface area contributed by atoms with Crippen molar-refractivity contribution in [2.75, 3.05) is 53.5 Å². The van der Waals surface area contributed by atoms with Gasteiger partial charge in [-0.25, -0.2) is 12.7 Å². The van der Waals surface area contributed by atoms with Crippen LogP contribution in [0.4, 0.5) is 0 Å². The number of nitrogens with zero attached hydrogens (tertiary/aromatic N) is 3. The molecule has 2 aliphatic rings. The fourth-order valence-electron chi connectivity index (χ4n) is 4.87. The molecule has 0 aliphatic carbocycles. The maximum Gasteiger partial charge on any atom is 0.295 e. The van der Waals surface area contributed by atoms with E-state index >= 15 is 0 Å². The molecule has 2 fully saturated rings. The molecule has 1 atom stereocenters. The number of likely N-dealkylation sites (tertiary alicyclic amines) is 1. The van der Waals surface area contributed by atoms with Gasteiger partial charge in [0.15, 0.2) is 0 Å². The van der Waals surface area contributed by atoms with Gasteiger partial charge < -0.3 is 14.7 Å². The fourth-order valence-corrected chi connectivity index (χ4v) is 5.81. The SMILES string of the molecule is CN(C)S(=O)(=O)c1cccc(/C(O)=C2\C(=O)C(=O)N(CCN3CCOCC3)C2c2ccc(C(C)(C)C)cc2)c1. The number of hydrogen-bond acceptors (Lipinski definition) is 7. The Morgan fingerprint density at radius 2 is 1.67 bits per heavy atom. The first-order chi connectivity index (χ1) is 18.3. The number of rotatable bonds is 7. The Morgan fingerprint density at radius 1 is 1.03 bits per heavy atom. The second-order valence-electron chi connectivity index (χ2n) is 11.1. The summed E-state index contributed by atoms with van der Waals surface area (Å²) in [6.07, 6.45) is 0. The summed E-state index contributed by atoms with van der Waals surface area (Å²) in [6.45, 7) is 9.86. The summed E-state index contributed by atoms with van der Waals surface area (Å²) >= 11 is 0. The van der Waals surface area contributed by atoms with E-state index in [1.807, 2.05) is 24.3 Å². The minimum atomic E-state index is -3.78. The standard InChI is InChI=1S/C29H37N3O6S/c1-29(2,3)22-11-9-20(10-12-22)25-24(26(33)21-7-6-8-23(19-21)39(36,37)30(4)5)27(34)28(35)32(25)14-13-31-15-17-38-18-16-31/h6-12,19,25,33H,13-18H2,1-5H3/b26-24+. The number of carbonyl (C=O) groups excluding carboxylic acids is 2. The second-order valence-corrected chi connectivity index (χ2v) is 13.3. The molecule has 0 saturated carbocycles. The Hall–Kier alpha value is -3.05. The number of ether oxygens (including phenoxy) is 1. The molecule has 210 valence electrons. The van der Waals surface area contributed by atoms with Gasteiger partial charge in [-0.1, -0.05) is 57.2 Å². The molecule has 9 nitrogen and oxygen atoms in total. The van der Waals surface area contributed by atoms with Crippen molar-refractivity contribution in [2.24, 2.45) is 0 Å². The Kier molecular flexibility index (Phi) is 8.32. The molecule has 1 unspecified atom stereocenters. The van der Waals surface area contributed by atoms with E-state index in [0.29, 0.717) is 31.9 Å². The van der Waals surface area contributed by atoms with Crippen molar-refractivity contribution in [3.05, 3.63) is 70.8 Å². The second kappa shape index (κ2) is 11.2. The number of amides is 1. The van der Waals surface area contributed by atoms with Crippen molar-refractivity contribution in [2.45, 2.75) is 37.1 Å². The number of ketones is 1. The summed E-state index contributed by atoms with van der Waals surface area (Å²) in [5.74, 6) is -1.88. The predicted octanol–water partition coefficient (Wildman–Crippen LogP) is 2.99. The number of sulfonamides is 1. The van der Waals surface area contributed by atoms with Gasteiger partial charge in [0.2, 0.25) is 10.0 Å². The van der Waals surface area contributed by atoms with Crippen LogP contribution >= 0.6 is 0 Å². The van der Waals surface area contributed by atoms with E-state index in [1.54, 1.807) is 0 Å². The molecule has 2 aromatic rings. The van der Waals surface area contributed by atoms with E-state index in [2.05, 4.69) is 25.7 Å². The summed E-state index contributed by atoms with van der Waals surface area (Å²) in [4.78, 5) is 30.4. The smallest absolute Gasteiger partial charge is 0.295 e. The molecule has 0 aromatic heterocycles. The van der Waals surface area contributed by atoms with Gasteiger partial charge >= 0.3 is 0 Å². The zero-order valence-corrected chi connectivity index (χ0v) is 24.0. The Balaban J connectivity index is 1.80. The molecule has 39 heavy (non-hydrogen) atoms. The van der Waals surface area contributed by atoms with E-state index in [1.165, 1.54) is 43.3 Å². The van der Waals surface area contributed by atoms with Crippen LogP contribution in [0.1, 0.15) is 43.5 Å². The quantitative estimate of drug-likeness (QED) is 0.318. The van der Waals surface area contributed by atoms with Gasteiger partial charge in [0.25, 0.3) is 11.7 Å². The van der Waals surface area contributed by atoms with Crippen LogP contribution in [0.25, 0.3) is 5.76 Å². The average molecular weight is 556 g/mol. The molecule has 0 bridgehead atoms. The zero-order chi connectivity index (χ0) is 28.5. The van der Waals surface area contributed by atoms with Gasteiger partial charge in [0.1, 0.15) is 5.76 Å². The number of aliphatic hydroxyl groups excluding tert-OH is 1. The highest BCUT2D eigenvalue weighted by atomic mass is 32.2. The Labute approximate surface area is 230 Å². The Morgan fingerprint density at radius 3 is 2.26 bits per heavy atom. The van der Waals surface area contributed by atoms with Crippen molar-refractivity contribution >= 4 is 27.5 Å². The van der Waals surface area contributed by atoms with Gasteiger partial charge in [0.05, 0.1) is 29.7 Å². The third-order valence-electron chi connectivity index (χ3n) is 7.28. The van der Waals surface area contributed by atoms with E-state index in [9.17, 15) is 23.1 Å². The van der Waals surface area contributed by atoms with Crippen LogP contribution in [-0.4, -0.2) is 92.8 Å². The summed E-state index contributed by atoms with van der Waals surface area (Å²) in [7, 11) is -0.936. The monoisotopic (exact) mass is 555 g/mol. The maximum atomic E-state index is 13.4. The molecule has 0 spiro atoms.